The number of halogens is 1. The van der Waals surface area contributed by atoms with Crippen molar-refractivity contribution in [1.29, 1.82) is 0 Å². The van der Waals surface area contributed by atoms with Crippen molar-refractivity contribution < 1.29 is 5.11 Å². The Labute approximate surface area is 100 Å². The first kappa shape index (κ1) is 13.0. The highest BCUT2D eigenvalue weighted by molar-refractivity contribution is 6.32. The Morgan fingerprint density at radius 1 is 1.44 bits per heavy atom. The molecule has 1 heterocycles. The predicted octanol–water partition coefficient (Wildman–Crippen LogP) is 1.31. The lowest BCUT2D eigenvalue weighted by Gasteiger charge is -2.11. The van der Waals surface area contributed by atoms with E-state index in [1.807, 2.05) is 0 Å². The number of anilines is 2. The summed E-state index contributed by atoms with van der Waals surface area (Å²) in [7, 11) is 0. The van der Waals surface area contributed by atoms with E-state index in [0.29, 0.717) is 29.8 Å². The Morgan fingerprint density at radius 2 is 2.12 bits per heavy atom. The Morgan fingerprint density at radius 3 is 2.69 bits per heavy atom. The van der Waals surface area contributed by atoms with Gasteiger partial charge in [-0.05, 0) is 5.92 Å². The molecule has 0 saturated heterocycles. The number of nitrogens with two attached hydrogens (primary N) is 1. The Bertz CT molecular complexity index is 357. The second kappa shape index (κ2) is 5.86. The first-order chi connectivity index (χ1) is 7.54. The molecule has 0 amide bonds. The lowest BCUT2D eigenvalue weighted by atomic mass is 10.1. The van der Waals surface area contributed by atoms with E-state index >= 15 is 0 Å². The molecule has 0 aliphatic heterocycles. The van der Waals surface area contributed by atoms with Crippen LogP contribution in [-0.4, -0.2) is 28.2 Å². The minimum absolute atomic E-state index is 0.0145. The lowest BCUT2D eigenvalue weighted by molar-refractivity contribution is 0.311. The van der Waals surface area contributed by atoms with Gasteiger partial charge in [0.05, 0.1) is 6.61 Å². The fourth-order valence-corrected chi connectivity index (χ4v) is 1.44. The van der Waals surface area contributed by atoms with Crippen LogP contribution in [0.25, 0.3) is 0 Å². The fourth-order valence-electron chi connectivity index (χ4n) is 1.25. The summed E-state index contributed by atoms with van der Waals surface area (Å²) in [5.41, 5.74) is 6.04. The standard InChI is InChI=1S/C10H17ClN4O/c1-6(2)5-7-14-9(11)8(12)10(15-7)13-3-4-16/h6,16H,3-5,12H2,1-2H3,(H,13,14,15). The molecule has 0 radical (unpaired) electrons. The number of aliphatic hydroxyl groups is 1. The Kier molecular flexibility index (Phi) is 4.76. The maximum absolute atomic E-state index is 8.72. The average molecular weight is 245 g/mol. The van der Waals surface area contributed by atoms with Gasteiger partial charge in [-0.15, -0.1) is 0 Å². The SMILES string of the molecule is CC(C)Cc1nc(Cl)c(N)c(NCCO)n1. The van der Waals surface area contributed by atoms with Gasteiger partial charge in [-0.1, -0.05) is 25.4 Å². The van der Waals surface area contributed by atoms with Gasteiger partial charge in [-0.2, -0.15) is 0 Å². The molecule has 6 heteroatoms. The van der Waals surface area contributed by atoms with Crippen LogP contribution in [0.2, 0.25) is 5.15 Å². The minimum Gasteiger partial charge on any atom is -0.395 e. The van der Waals surface area contributed by atoms with Crippen molar-refractivity contribution in [2.75, 3.05) is 24.2 Å². The Balaban J connectivity index is 2.92. The van der Waals surface area contributed by atoms with Crippen LogP contribution in [0.15, 0.2) is 0 Å². The molecule has 1 aromatic heterocycles. The van der Waals surface area contributed by atoms with Crippen LogP contribution in [0.4, 0.5) is 11.5 Å². The van der Waals surface area contributed by atoms with Crippen LogP contribution in [0.3, 0.4) is 0 Å². The average Bonchev–Trinajstić information content (AvgIpc) is 2.20. The van der Waals surface area contributed by atoms with Crippen molar-refractivity contribution in [3.05, 3.63) is 11.0 Å². The molecule has 0 aliphatic rings. The molecule has 0 spiro atoms. The molecule has 0 bridgehead atoms. The maximum atomic E-state index is 8.72. The third-order valence-corrected chi connectivity index (χ3v) is 2.23. The van der Waals surface area contributed by atoms with Crippen LogP contribution < -0.4 is 11.1 Å². The van der Waals surface area contributed by atoms with Gasteiger partial charge in [0.25, 0.3) is 0 Å². The molecule has 4 N–H and O–H groups in total. The predicted molar refractivity (Wildman–Crippen MR) is 65.6 cm³/mol. The van der Waals surface area contributed by atoms with Gasteiger partial charge in [0.1, 0.15) is 11.5 Å². The molecule has 1 rings (SSSR count). The minimum atomic E-state index is 0.0145. The second-order valence-electron chi connectivity index (χ2n) is 3.94. The van der Waals surface area contributed by atoms with Crippen molar-refractivity contribution in [3.8, 4) is 0 Å². The molecule has 5 nitrogen and oxygen atoms in total. The summed E-state index contributed by atoms with van der Waals surface area (Å²) >= 11 is 5.90. The number of hydrogen-bond donors (Lipinski definition) is 3. The van der Waals surface area contributed by atoms with Crippen molar-refractivity contribution in [1.82, 2.24) is 9.97 Å². The van der Waals surface area contributed by atoms with E-state index in [9.17, 15) is 0 Å². The molecular weight excluding hydrogens is 228 g/mol. The molecule has 0 saturated carbocycles. The molecule has 0 fully saturated rings. The quantitative estimate of drug-likeness (QED) is 0.681. The number of aliphatic hydroxyl groups excluding tert-OH is 1. The topological polar surface area (TPSA) is 84.1 Å². The summed E-state index contributed by atoms with van der Waals surface area (Å²) in [6.45, 7) is 4.56. The molecular formula is C10H17ClN4O. The van der Waals surface area contributed by atoms with Crippen molar-refractivity contribution in [3.63, 3.8) is 0 Å². The van der Waals surface area contributed by atoms with Crippen molar-refractivity contribution in [2.45, 2.75) is 20.3 Å². The third-order valence-electron chi connectivity index (χ3n) is 1.94. The molecule has 0 atom stereocenters. The van der Waals surface area contributed by atoms with E-state index in [-0.39, 0.29) is 11.8 Å². The summed E-state index contributed by atoms with van der Waals surface area (Å²) in [6.07, 6.45) is 0.744. The maximum Gasteiger partial charge on any atom is 0.157 e. The largest absolute Gasteiger partial charge is 0.395 e. The molecule has 16 heavy (non-hydrogen) atoms. The number of hydrogen-bond acceptors (Lipinski definition) is 5. The van der Waals surface area contributed by atoms with E-state index in [0.717, 1.165) is 6.42 Å². The van der Waals surface area contributed by atoms with E-state index in [1.165, 1.54) is 0 Å². The van der Waals surface area contributed by atoms with Gasteiger partial charge >= 0.3 is 0 Å². The van der Waals surface area contributed by atoms with Crippen molar-refractivity contribution in [2.24, 2.45) is 5.92 Å². The first-order valence-electron chi connectivity index (χ1n) is 5.21. The third kappa shape index (κ3) is 3.50. The van der Waals surface area contributed by atoms with Gasteiger partial charge in [-0.25, -0.2) is 9.97 Å². The van der Waals surface area contributed by atoms with E-state index < -0.39 is 0 Å². The zero-order chi connectivity index (χ0) is 12.1. The number of nitrogen functional groups attached to an aromatic ring is 1. The highest BCUT2D eigenvalue weighted by Gasteiger charge is 2.10. The van der Waals surface area contributed by atoms with Crippen LogP contribution in [-0.2, 0) is 6.42 Å². The molecule has 0 unspecified atom stereocenters. The molecule has 0 aliphatic carbocycles. The summed E-state index contributed by atoms with van der Waals surface area (Å²) < 4.78 is 0. The van der Waals surface area contributed by atoms with E-state index in [4.69, 9.17) is 22.4 Å². The highest BCUT2D eigenvalue weighted by Crippen LogP contribution is 2.24. The van der Waals surface area contributed by atoms with Crippen LogP contribution in [0.1, 0.15) is 19.7 Å². The van der Waals surface area contributed by atoms with E-state index in [2.05, 4.69) is 29.1 Å². The lowest BCUT2D eigenvalue weighted by Crippen LogP contribution is -2.12. The second-order valence-corrected chi connectivity index (χ2v) is 4.30. The van der Waals surface area contributed by atoms with E-state index in [1.54, 1.807) is 0 Å². The number of rotatable bonds is 5. The fraction of sp³-hybridized carbons (Fsp3) is 0.600. The summed E-state index contributed by atoms with van der Waals surface area (Å²) in [4.78, 5) is 8.38. The zero-order valence-corrected chi connectivity index (χ0v) is 10.3. The van der Waals surface area contributed by atoms with Crippen LogP contribution >= 0.6 is 11.6 Å². The van der Waals surface area contributed by atoms with Gasteiger partial charge in [-0.3, -0.25) is 0 Å². The van der Waals surface area contributed by atoms with Gasteiger partial charge in [0.2, 0.25) is 0 Å². The molecule has 1 aromatic rings. The smallest absolute Gasteiger partial charge is 0.157 e. The highest BCUT2D eigenvalue weighted by atomic mass is 35.5. The molecule has 0 aromatic carbocycles. The first-order valence-corrected chi connectivity index (χ1v) is 5.59. The monoisotopic (exact) mass is 244 g/mol. The summed E-state index contributed by atoms with van der Waals surface area (Å²) in [6, 6.07) is 0. The van der Waals surface area contributed by atoms with Crippen LogP contribution in [0, 0.1) is 5.92 Å². The number of aromatic nitrogens is 2. The summed E-state index contributed by atoms with van der Waals surface area (Å²) in [5.74, 6) is 1.60. The molecule has 90 valence electrons. The summed E-state index contributed by atoms with van der Waals surface area (Å²) in [5, 5.41) is 11.9. The van der Waals surface area contributed by atoms with Gasteiger partial charge in [0, 0.05) is 13.0 Å². The normalized spacial score (nSPS) is 10.8. The van der Waals surface area contributed by atoms with Crippen molar-refractivity contribution >= 4 is 23.1 Å². The zero-order valence-electron chi connectivity index (χ0n) is 9.50. The van der Waals surface area contributed by atoms with Crippen LogP contribution in [0.5, 0.6) is 0 Å². The van der Waals surface area contributed by atoms with Gasteiger partial charge < -0.3 is 16.2 Å². The van der Waals surface area contributed by atoms with Gasteiger partial charge in [0.15, 0.2) is 11.0 Å². The number of nitrogens with one attached hydrogen (secondary N) is 1. The Hall–Kier alpha value is -1.07. The number of nitrogens with zero attached hydrogens (tertiary/aromatic N) is 2.